The summed E-state index contributed by atoms with van der Waals surface area (Å²) in [4.78, 5) is 8.75. The van der Waals surface area contributed by atoms with Crippen LogP contribution in [0.25, 0.3) is 11.4 Å². The van der Waals surface area contributed by atoms with Gasteiger partial charge in [0.1, 0.15) is 6.54 Å². The van der Waals surface area contributed by atoms with Gasteiger partial charge in [0, 0.05) is 23.2 Å². The largest absolute Gasteiger partial charge is 0.357 e. The second kappa shape index (κ2) is 7.79. The van der Waals surface area contributed by atoms with Gasteiger partial charge in [-0.05, 0) is 32.9 Å². The van der Waals surface area contributed by atoms with Crippen LogP contribution in [0.5, 0.6) is 0 Å². The van der Waals surface area contributed by atoms with Crippen LogP contribution in [0, 0.1) is 0 Å². The van der Waals surface area contributed by atoms with Crippen molar-refractivity contribution in [2.75, 3.05) is 6.54 Å². The van der Waals surface area contributed by atoms with E-state index >= 15 is 0 Å². The van der Waals surface area contributed by atoms with Crippen molar-refractivity contribution in [1.82, 2.24) is 20.8 Å². The predicted molar refractivity (Wildman–Crippen MR) is 87.8 cm³/mol. The molecule has 0 aliphatic rings. The molecule has 0 atom stereocenters. The minimum atomic E-state index is 0.294. The van der Waals surface area contributed by atoms with E-state index in [4.69, 9.17) is 16.1 Å². The first kappa shape index (κ1) is 16.3. The Hall–Kier alpha value is -2.08. The smallest absolute Gasteiger partial charge is 0.248 e. The van der Waals surface area contributed by atoms with Crippen molar-refractivity contribution in [2.45, 2.75) is 33.4 Å². The average molecular weight is 322 g/mol. The highest BCUT2D eigenvalue weighted by Crippen LogP contribution is 2.19. The Kier molecular flexibility index (Phi) is 5.77. The maximum atomic E-state index is 5.96. The van der Waals surface area contributed by atoms with Crippen LogP contribution in [0.15, 0.2) is 33.8 Å². The zero-order valence-corrected chi connectivity index (χ0v) is 13.7. The van der Waals surface area contributed by atoms with Gasteiger partial charge < -0.3 is 15.2 Å². The molecule has 0 fully saturated rings. The summed E-state index contributed by atoms with van der Waals surface area (Å²) in [5.41, 5.74) is 0.818. The molecule has 0 spiro atoms. The molecule has 1 aromatic heterocycles. The van der Waals surface area contributed by atoms with Crippen LogP contribution >= 0.6 is 11.6 Å². The number of hydrogen-bond donors (Lipinski definition) is 2. The Bertz CT molecular complexity index is 638. The number of guanidine groups is 1. The molecule has 6 nitrogen and oxygen atoms in total. The molecule has 118 valence electrons. The summed E-state index contributed by atoms with van der Waals surface area (Å²) in [6.45, 7) is 7.22. The highest BCUT2D eigenvalue weighted by atomic mass is 35.5. The summed E-state index contributed by atoms with van der Waals surface area (Å²) in [7, 11) is 0. The number of aliphatic imine (C=N–C) groups is 1. The van der Waals surface area contributed by atoms with E-state index in [1.807, 2.05) is 19.1 Å². The lowest BCUT2D eigenvalue weighted by Crippen LogP contribution is -2.41. The van der Waals surface area contributed by atoms with E-state index in [1.165, 1.54) is 0 Å². The van der Waals surface area contributed by atoms with Crippen molar-refractivity contribution in [1.29, 1.82) is 0 Å². The standard InChI is InChI=1S/C15H20ClN5O/c1-4-17-15(19-10(2)3)18-9-13-20-14(21-22-13)11-6-5-7-12(16)8-11/h5-8,10H,4,9H2,1-3H3,(H2,17,18,19). The summed E-state index contributed by atoms with van der Waals surface area (Å²) in [5, 5.41) is 11.0. The lowest BCUT2D eigenvalue weighted by molar-refractivity contribution is 0.380. The second-order valence-corrected chi connectivity index (χ2v) is 5.45. The molecule has 0 bridgehead atoms. The molecule has 0 saturated carbocycles. The first-order valence-electron chi connectivity index (χ1n) is 7.22. The van der Waals surface area contributed by atoms with Gasteiger partial charge in [0.25, 0.3) is 0 Å². The lowest BCUT2D eigenvalue weighted by atomic mass is 10.2. The first-order chi connectivity index (χ1) is 10.6. The van der Waals surface area contributed by atoms with Gasteiger partial charge in [-0.15, -0.1) is 0 Å². The van der Waals surface area contributed by atoms with Gasteiger partial charge in [-0.25, -0.2) is 4.99 Å². The predicted octanol–water partition coefficient (Wildman–Crippen LogP) is 2.85. The molecule has 1 aromatic carbocycles. The molecule has 0 saturated heterocycles. The van der Waals surface area contributed by atoms with E-state index in [-0.39, 0.29) is 0 Å². The maximum Gasteiger partial charge on any atom is 0.248 e. The van der Waals surface area contributed by atoms with Crippen molar-refractivity contribution in [3.05, 3.63) is 35.2 Å². The van der Waals surface area contributed by atoms with Crippen LogP contribution in [0.2, 0.25) is 5.02 Å². The molecule has 0 aliphatic heterocycles. The molecule has 22 heavy (non-hydrogen) atoms. The van der Waals surface area contributed by atoms with Gasteiger partial charge in [0.05, 0.1) is 0 Å². The van der Waals surface area contributed by atoms with Gasteiger partial charge >= 0.3 is 0 Å². The number of aromatic nitrogens is 2. The Morgan fingerprint density at radius 2 is 2.23 bits per heavy atom. The van der Waals surface area contributed by atoms with Gasteiger partial charge in [-0.3, -0.25) is 0 Å². The fourth-order valence-corrected chi connectivity index (χ4v) is 1.99. The van der Waals surface area contributed by atoms with E-state index in [0.717, 1.165) is 18.1 Å². The summed E-state index contributed by atoms with van der Waals surface area (Å²) in [5.74, 6) is 1.69. The zero-order valence-electron chi connectivity index (χ0n) is 12.9. The van der Waals surface area contributed by atoms with Crippen LogP contribution < -0.4 is 10.6 Å². The van der Waals surface area contributed by atoms with Crippen molar-refractivity contribution in [3.63, 3.8) is 0 Å². The highest BCUT2D eigenvalue weighted by Gasteiger charge is 2.09. The normalized spacial score (nSPS) is 11.8. The van der Waals surface area contributed by atoms with Crippen molar-refractivity contribution < 1.29 is 4.52 Å². The third-order valence-corrected chi connectivity index (χ3v) is 2.93. The Balaban J connectivity index is 2.08. The fraction of sp³-hybridized carbons (Fsp3) is 0.400. The lowest BCUT2D eigenvalue weighted by Gasteiger charge is -2.13. The topological polar surface area (TPSA) is 75.3 Å². The number of rotatable bonds is 5. The molecule has 2 N–H and O–H groups in total. The van der Waals surface area contributed by atoms with Crippen LogP contribution in [-0.4, -0.2) is 28.7 Å². The van der Waals surface area contributed by atoms with Gasteiger partial charge in [-0.2, -0.15) is 4.98 Å². The molecular formula is C15H20ClN5O. The van der Waals surface area contributed by atoms with Crippen molar-refractivity contribution in [3.8, 4) is 11.4 Å². The molecule has 2 rings (SSSR count). The minimum absolute atomic E-state index is 0.294. The average Bonchev–Trinajstić information content (AvgIpc) is 2.93. The number of hydrogen-bond acceptors (Lipinski definition) is 4. The van der Waals surface area contributed by atoms with E-state index in [0.29, 0.717) is 29.3 Å². The second-order valence-electron chi connectivity index (χ2n) is 5.02. The number of nitrogens with zero attached hydrogens (tertiary/aromatic N) is 3. The van der Waals surface area contributed by atoms with E-state index in [1.54, 1.807) is 12.1 Å². The van der Waals surface area contributed by atoms with Gasteiger partial charge in [0.2, 0.25) is 11.7 Å². The van der Waals surface area contributed by atoms with Crippen LogP contribution in [0.4, 0.5) is 0 Å². The first-order valence-corrected chi connectivity index (χ1v) is 7.59. The number of nitrogens with one attached hydrogen (secondary N) is 2. The number of halogens is 1. The summed E-state index contributed by atoms with van der Waals surface area (Å²) < 4.78 is 5.23. The van der Waals surface area contributed by atoms with Crippen LogP contribution in [0.1, 0.15) is 26.7 Å². The summed E-state index contributed by atoms with van der Waals surface area (Å²) in [6.07, 6.45) is 0. The van der Waals surface area contributed by atoms with Gasteiger partial charge in [0.15, 0.2) is 5.96 Å². The molecule has 0 radical (unpaired) electrons. The monoisotopic (exact) mass is 321 g/mol. The minimum Gasteiger partial charge on any atom is -0.357 e. The molecule has 0 amide bonds. The van der Waals surface area contributed by atoms with Crippen molar-refractivity contribution in [2.24, 2.45) is 4.99 Å². The Morgan fingerprint density at radius 3 is 2.91 bits per heavy atom. The van der Waals surface area contributed by atoms with E-state index in [2.05, 4.69) is 39.6 Å². The highest BCUT2D eigenvalue weighted by molar-refractivity contribution is 6.30. The Morgan fingerprint density at radius 1 is 1.41 bits per heavy atom. The Labute approximate surface area is 135 Å². The third kappa shape index (κ3) is 4.73. The summed E-state index contributed by atoms with van der Waals surface area (Å²) in [6, 6.07) is 7.62. The van der Waals surface area contributed by atoms with Crippen LogP contribution in [0.3, 0.4) is 0 Å². The zero-order chi connectivity index (χ0) is 15.9. The van der Waals surface area contributed by atoms with Crippen LogP contribution in [-0.2, 0) is 6.54 Å². The quantitative estimate of drug-likeness (QED) is 0.654. The molecule has 1 heterocycles. The SMILES string of the molecule is CCNC(=NCc1nc(-c2cccc(Cl)c2)no1)NC(C)C. The third-order valence-electron chi connectivity index (χ3n) is 2.69. The maximum absolute atomic E-state index is 5.96. The van der Waals surface area contributed by atoms with Crippen molar-refractivity contribution >= 4 is 17.6 Å². The number of benzene rings is 1. The fourth-order valence-electron chi connectivity index (χ4n) is 1.80. The molecule has 7 heteroatoms. The molecule has 0 unspecified atom stereocenters. The molecular weight excluding hydrogens is 302 g/mol. The van der Waals surface area contributed by atoms with E-state index in [9.17, 15) is 0 Å². The van der Waals surface area contributed by atoms with Gasteiger partial charge in [-0.1, -0.05) is 28.9 Å². The van der Waals surface area contributed by atoms with E-state index < -0.39 is 0 Å². The summed E-state index contributed by atoms with van der Waals surface area (Å²) >= 11 is 5.96. The molecule has 0 aliphatic carbocycles. The molecule has 2 aromatic rings.